The van der Waals surface area contributed by atoms with Gasteiger partial charge in [-0.05, 0) is 6.92 Å². The summed E-state index contributed by atoms with van der Waals surface area (Å²) in [4.78, 5) is 37.6. The maximum absolute atomic E-state index is 12.2. The molecule has 2 aliphatic rings. The quantitative estimate of drug-likeness (QED) is 0.539. The minimum Gasteiger partial charge on any atom is -0.464 e. The Kier molecular flexibility index (Phi) is 3.16. The molecule has 6 nitrogen and oxygen atoms in total. The topological polar surface area (TPSA) is 72.9 Å². The standard InChI is InChI=1S/C13H19NO5/c1-5-18-11(17)13-7-19-10(12(2,3)4)14(13)9(16)6-8(13)15/h10H,5-7H2,1-4H3/t10-,13-/m1/s1. The monoisotopic (exact) mass is 269 g/mol. The van der Waals surface area contributed by atoms with Crippen LogP contribution in [0.3, 0.4) is 0 Å². The molecule has 0 aliphatic carbocycles. The second-order valence-corrected chi connectivity index (χ2v) is 5.97. The Bertz CT molecular complexity index is 439. The molecule has 0 aromatic heterocycles. The first-order valence-corrected chi connectivity index (χ1v) is 6.39. The number of carbonyl (C=O) groups is 3. The van der Waals surface area contributed by atoms with E-state index in [2.05, 4.69) is 0 Å². The summed E-state index contributed by atoms with van der Waals surface area (Å²) >= 11 is 0. The van der Waals surface area contributed by atoms with Crippen LogP contribution < -0.4 is 0 Å². The van der Waals surface area contributed by atoms with E-state index in [4.69, 9.17) is 9.47 Å². The van der Waals surface area contributed by atoms with Crippen molar-refractivity contribution >= 4 is 17.7 Å². The fourth-order valence-electron chi connectivity index (χ4n) is 2.63. The molecule has 2 rings (SSSR count). The van der Waals surface area contributed by atoms with Crippen molar-refractivity contribution < 1.29 is 23.9 Å². The number of nitrogens with zero attached hydrogens (tertiary/aromatic N) is 1. The molecule has 106 valence electrons. The van der Waals surface area contributed by atoms with Crippen molar-refractivity contribution in [3.05, 3.63) is 0 Å². The van der Waals surface area contributed by atoms with E-state index in [0.717, 1.165) is 0 Å². The molecule has 0 spiro atoms. The van der Waals surface area contributed by atoms with E-state index in [1.54, 1.807) is 6.92 Å². The predicted molar refractivity (Wildman–Crippen MR) is 65.0 cm³/mol. The van der Waals surface area contributed by atoms with Gasteiger partial charge in [-0.15, -0.1) is 0 Å². The largest absolute Gasteiger partial charge is 0.464 e. The van der Waals surface area contributed by atoms with E-state index in [1.165, 1.54) is 4.90 Å². The zero-order valence-electron chi connectivity index (χ0n) is 11.7. The lowest BCUT2D eigenvalue weighted by atomic mass is 9.91. The molecular formula is C13H19NO5. The summed E-state index contributed by atoms with van der Waals surface area (Å²) in [5.74, 6) is -1.48. The third-order valence-corrected chi connectivity index (χ3v) is 3.49. The molecule has 0 aromatic carbocycles. The van der Waals surface area contributed by atoms with Gasteiger partial charge >= 0.3 is 5.97 Å². The van der Waals surface area contributed by atoms with Gasteiger partial charge in [0.15, 0.2) is 5.78 Å². The van der Waals surface area contributed by atoms with Crippen molar-refractivity contribution in [2.24, 2.45) is 5.41 Å². The molecule has 19 heavy (non-hydrogen) atoms. The molecular weight excluding hydrogens is 250 g/mol. The van der Waals surface area contributed by atoms with E-state index in [9.17, 15) is 14.4 Å². The van der Waals surface area contributed by atoms with E-state index < -0.39 is 23.5 Å². The van der Waals surface area contributed by atoms with Gasteiger partial charge in [-0.3, -0.25) is 14.5 Å². The zero-order chi connectivity index (χ0) is 14.4. The molecule has 0 saturated carbocycles. The lowest BCUT2D eigenvalue weighted by Crippen LogP contribution is -2.58. The number of carbonyl (C=O) groups excluding carboxylic acids is 3. The van der Waals surface area contributed by atoms with Crippen LogP contribution in [0.1, 0.15) is 34.1 Å². The molecule has 0 N–H and O–H groups in total. The number of ketones is 1. The van der Waals surface area contributed by atoms with Crippen LogP contribution in [0.4, 0.5) is 0 Å². The van der Waals surface area contributed by atoms with Crippen LogP contribution in [-0.4, -0.2) is 47.5 Å². The second-order valence-electron chi connectivity index (χ2n) is 5.97. The van der Waals surface area contributed by atoms with Gasteiger partial charge in [0.05, 0.1) is 19.6 Å². The minimum absolute atomic E-state index is 0.113. The third kappa shape index (κ3) is 1.85. The van der Waals surface area contributed by atoms with E-state index in [1.807, 2.05) is 20.8 Å². The maximum Gasteiger partial charge on any atom is 0.342 e. The Balaban J connectivity index is 2.43. The summed E-state index contributed by atoms with van der Waals surface area (Å²) in [6.45, 7) is 7.41. The van der Waals surface area contributed by atoms with E-state index in [-0.39, 0.29) is 31.0 Å². The molecule has 0 radical (unpaired) electrons. The molecule has 0 bridgehead atoms. The Hall–Kier alpha value is -1.43. The molecule has 0 unspecified atom stereocenters. The smallest absolute Gasteiger partial charge is 0.342 e. The van der Waals surface area contributed by atoms with Crippen molar-refractivity contribution in [1.82, 2.24) is 4.90 Å². The number of amides is 1. The molecule has 1 amide bonds. The minimum atomic E-state index is -1.56. The highest BCUT2D eigenvalue weighted by molar-refractivity contribution is 6.21. The Morgan fingerprint density at radius 3 is 2.63 bits per heavy atom. The average molecular weight is 269 g/mol. The number of rotatable bonds is 2. The highest BCUT2D eigenvalue weighted by Crippen LogP contribution is 2.42. The average Bonchev–Trinajstić information content (AvgIpc) is 2.78. The maximum atomic E-state index is 12.2. The fourth-order valence-corrected chi connectivity index (χ4v) is 2.63. The van der Waals surface area contributed by atoms with E-state index in [0.29, 0.717) is 0 Å². The first-order valence-electron chi connectivity index (χ1n) is 6.39. The first kappa shape index (κ1) is 14.0. The normalized spacial score (nSPS) is 30.7. The van der Waals surface area contributed by atoms with Gasteiger partial charge in [-0.2, -0.15) is 0 Å². The fraction of sp³-hybridized carbons (Fsp3) is 0.769. The van der Waals surface area contributed by atoms with Crippen molar-refractivity contribution in [2.45, 2.75) is 45.9 Å². The summed E-state index contributed by atoms with van der Waals surface area (Å²) < 4.78 is 10.6. The number of hydrogen-bond acceptors (Lipinski definition) is 5. The van der Waals surface area contributed by atoms with Gasteiger partial charge in [0.1, 0.15) is 6.23 Å². The van der Waals surface area contributed by atoms with E-state index >= 15 is 0 Å². The summed E-state index contributed by atoms with van der Waals surface area (Å²) in [6, 6.07) is 0. The second kappa shape index (κ2) is 4.30. The van der Waals surface area contributed by atoms with Crippen molar-refractivity contribution in [2.75, 3.05) is 13.2 Å². The Morgan fingerprint density at radius 2 is 2.11 bits per heavy atom. The highest BCUT2D eigenvalue weighted by Gasteiger charge is 2.67. The number of fused-ring (bicyclic) bond motifs is 1. The molecule has 2 aliphatic heterocycles. The lowest BCUT2D eigenvalue weighted by Gasteiger charge is -2.35. The van der Waals surface area contributed by atoms with Gasteiger partial charge in [0, 0.05) is 5.41 Å². The highest BCUT2D eigenvalue weighted by atomic mass is 16.6. The summed E-state index contributed by atoms with van der Waals surface area (Å²) in [6.07, 6.45) is -0.842. The van der Waals surface area contributed by atoms with Gasteiger partial charge < -0.3 is 9.47 Å². The molecule has 2 atom stereocenters. The molecule has 2 fully saturated rings. The van der Waals surface area contributed by atoms with Crippen LogP contribution in [0.25, 0.3) is 0 Å². The summed E-state index contributed by atoms with van der Waals surface area (Å²) in [7, 11) is 0. The van der Waals surface area contributed by atoms with Crippen LogP contribution >= 0.6 is 0 Å². The van der Waals surface area contributed by atoms with Crippen LogP contribution in [-0.2, 0) is 23.9 Å². The van der Waals surface area contributed by atoms with Crippen LogP contribution in [0.2, 0.25) is 0 Å². The third-order valence-electron chi connectivity index (χ3n) is 3.49. The van der Waals surface area contributed by atoms with Crippen molar-refractivity contribution in [1.29, 1.82) is 0 Å². The number of Topliss-reactive ketones (excluding diaryl/α,β-unsaturated/α-hetero) is 1. The Morgan fingerprint density at radius 1 is 1.47 bits per heavy atom. The van der Waals surface area contributed by atoms with Crippen molar-refractivity contribution in [3.63, 3.8) is 0 Å². The van der Waals surface area contributed by atoms with Crippen LogP contribution in [0.15, 0.2) is 0 Å². The number of esters is 1. The molecule has 2 heterocycles. The van der Waals surface area contributed by atoms with Crippen LogP contribution in [0.5, 0.6) is 0 Å². The van der Waals surface area contributed by atoms with Gasteiger partial charge in [-0.25, -0.2) is 4.79 Å². The van der Waals surface area contributed by atoms with Crippen LogP contribution in [0, 0.1) is 5.41 Å². The number of hydrogen-bond donors (Lipinski definition) is 0. The number of ether oxygens (including phenoxy) is 2. The summed E-state index contributed by atoms with van der Waals surface area (Å²) in [5, 5.41) is 0. The van der Waals surface area contributed by atoms with Gasteiger partial charge in [-0.1, -0.05) is 20.8 Å². The predicted octanol–water partition coefficient (Wildman–Crippen LogP) is 0.492. The summed E-state index contributed by atoms with van der Waals surface area (Å²) in [5.41, 5.74) is -1.94. The van der Waals surface area contributed by atoms with Gasteiger partial charge in [0.2, 0.25) is 11.4 Å². The molecule has 0 aromatic rings. The van der Waals surface area contributed by atoms with Crippen molar-refractivity contribution in [3.8, 4) is 0 Å². The zero-order valence-corrected chi connectivity index (χ0v) is 11.7. The lowest BCUT2D eigenvalue weighted by molar-refractivity contribution is -0.162. The molecule has 2 saturated heterocycles. The molecule has 6 heteroatoms. The van der Waals surface area contributed by atoms with Gasteiger partial charge in [0.25, 0.3) is 0 Å². The first-order chi connectivity index (χ1) is 8.75. The Labute approximate surface area is 112 Å². The SMILES string of the molecule is CCOC(=O)[C@]12CO[C@H](C(C)(C)C)N1C(=O)CC2=O.